The SMILES string of the molecule is O=C(Nc1ccc(Cc2nnc(-c3ccccc3)o2)cc1)c1ccc(F)cc1. The van der Waals surface area contributed by atoms with Gasteiger partial charge in [0.1, 0.15) is 5.82 Å². The minimum Gasteiger partial charge on any atom is -0.420 e. The summed E-state index contributed by atoms with van der Waals surface area (Å²) in [7, 11) is 0. The number of benzene rings is 3. The fourth-order valence-corrected chi connectivity index (χ4v) is 2.71. The van der Waals surface area contributed by atoms with Crippen LogP contribution in [-0.4, -0.2) is 16.1 Å². The molecule has 28 heavy (non-hydrogen) atoms. The van der Waals surface area contributed by atoms with Crippen molar-refractivity contribution in [2.24, 2.45) is 0 Å². The first-order valence-corrected chi connectivity index (χ1v) is 8.71. The van der Waals surface area contributed by atoms with Crippen LogP contribution in [0, 0.1) is 5.82 Å². The van der Waals surface area contributed by atoms with Crippen molar-refractivity contribution in [3.05, 3.63) is 102 Å². The molecule has 1 N–H and O–H groups in total. The largest absolute Gasteiger partial charge is 0.420 e. The van der Waals surface area contributed by atoms with E-state index in [0.29, 0.717) is 29.5 Å². The Morgan fingerprint density at radius 2 is 1.61 bits per heavy atom. The maximum absolute atomic E-state index is 12.9. The van der Waals surface area contributed by atoms with E-state index >= 15 is 0 Å². The van der Waals surface area contributed by atoms with Crippen molar-refractivity contribution in [2.75, 3.05) is 5.32 Å². The maximum atomic E-state index is 12.9. The monoisotopic (exact) mass is 373 g/mol. The number of nitrogens with one attached hydrogen (secondary N) is 1. The highest BCUT2D eigenvalue weighted by Gasteiger charge is 2.10. The van der Waals surface area contributed by atoms with Crippen molar-refractivity contribution in [2.45, 2.75) is 6.42 Å². The van der Waals surface area contributed by atoms with Gasteiger partial charge in [0.2, 0.25) is 11.8 Å². The maximum Gasteiger partial charge on any atom is 0.255 e. The molecule has 0 unspecified atom stereocenters. The summed E-state index contributed by atoms with van der Waals surface area (Å²) in [4.78, 5) is 12.2. The van der Waals surface area contributed by atoms with E-state index in [1.54, 1.807) is 12.1 Å². The predicted octanol–water partition coefficient (Wildman–Crippen LogP) is 4.72. The van der Waals surface area contributed by atoms with E-state index in [0.717, 1.165) is 11.1 Å². The van der Waals surface area contributed by atoms with E-state index in [2.05, 4.69) is 15.5 Å². The molecule has 4 rings (SSSR count). The van der Waals surface area contributed by atoms with Crippen LogP contribution in [0.1, 0.15) is 21.8 Å². The van der Waals surface area contributed by atoms with Crippen molar-refractivity contribution in [1.29, 1.82) is 0 Å². The van der Waals surface area contributed by atoms with Gasteiger partial charge in [0.15, 0.2) is 0 Å². The van der Waals surface area contributed by atoms with E-state index < -0.39 is 0 Å². The van der Waals surface area contributed by atoms with E-state index in [-0.39, 0.29) is 11.7 Å². The van der Waals surface area contributed by atoms with Crippen LogP contribution in [-0.2, 0) is 6.42 Å². The molecule has 0 saturated heterocycles. The van der Waals surface area contributed by atoms with Crippen LogP contribution in [0.3, 0.4) is 0 Å². The Labute approximate surface area is 160 Å². The Bertz CT molecular complexity index is 1070. The van der Waals surface area contributed by atoms with Crippen LogP contribution in [0.5, 0.6) is 0 Å². The minimum absolute atomic E-state index is 0.294. The summed E-state index contributed by atoms with van der Waals surface area (Å²) in [5.41, 5.74) is 2.89. The highest BCUT2D eigenvalue weighted by Crippen LogP contribution is 2.19. The van der Waals surface area contributed by atoms with Crippen molar-refractivity contribution in [1.82, 2.24) is 10.2 Å². The molecule has 0 spiro atoms. The number of anilines is 1. The van der Waals surface area contributed by atoms with Crippen molar-refractivity contribution in [3.8, 4) is 11.5 Å². The third kappa shape index (κ3) is 4.12. The third-order valence-electron chi connectivity index (χ3n) is 4.16. The minimum atomic E-state index is -0.377. The summed E-state index contributed by atoms with van der Waals surface area (Å²) >= 11 is 0. The summed E-state index contributed by atoms with van der Waals surface area (Å²) in [6, 6.07) is 22.3. The molecule has 138 valence electrons. The first-order valence-electron chi connectivity index (χ1n) is 8.71. The van der Waals surface area contributed by atoms with Crippen LogP contribution in [0.4, 0.5) is 10.1 Å². The molecule has 3 aromatic carbocycles. The van der Waals surface area contributed by atoms with Gasteiger partial charge in [-0.3, -0.25) is 4.79 Å². The van der Waals surface area contributed by atoms with Crippen LogP contribution in [0.15, 0.2) is 83.3 Å². The highest BCUT2D eigenvalue weighted by atomic mass is 19.1. The van der Waals surface area contributed by atoms with Gasteiger partial charge in [-0.05, 0) is 54.1 Å². The number of hydrogen-bond donors (Lipinski definition) is 1. The average molecular weight is 373 g/mol. The summed E-state index contributed by atoms with van der Waals surface area (Å²) in [6.07, 6.45) is 0.492. The zero-order chi connectivity index (χ0) is 19.3. The van der Waals surface area contributed by atoms with E-state index in [1.807, 2.05) is 42.5 Å². The van der Waals surface area contributed by atoms with E-state index in [9.17, 15) is 9.18 Å². The van der Waals surface area contributed by atoms with Gasteiger partial charge in [0.25, 0.3) is 5.91 Å². The molecule has 1 aromatic heterocycles. The lowest BCUT2D eigenvalue weighted by molar-refractivity contribution is 0.102. The summed E-state index contributed by atoms with van der Waals surface area (Å²) < 4.78 is 18.7. The van der Waals surface area contributed by atoms with Gasteiger partial charge < -0.3 is 9.73 Å². The lowest BCUT2D eigenvalue weighted by atomic mass is 10.1. The second-order valence-electron chi connectivity index (χ2n) is 6.20. The van der Waals surface area contributed by atoms with E-state index in [4.69, 9.17) is 4.42 Å². The Hall–Kier alpha value is -3.80. The molecule has 0 atom stereocenters. The molecule has 1 heterocycles. The second kappa shape index (κ2) is 7.84. The highest BCUT2D eigenvalue weighted by molar-refractivity contribution is 6.04. The molecule has 1 amide bonds. The number of aromatic nitrogens is 2. The number of halogens is 1. The van der Waals surface area contributed by atoms with Crippen molar-refractivity contribution in [3.63, 3.8) is 0 Å². The number of rotatable bonds is 5. The van der Waals surface area contributed by atoms with Crippen LogP contribution in [0.25, 0.3) is 11.5 Å². The molecule has 6 heteroatoms. The zero-order valence-electron chi connectivity index (χ0n) is 14.8. The Balaban J connectivity index is 1.40. The number of carbonyl (C=O) groups is 1. The van der Waals surface area contributed by atoms with Gasteiger partial charge in [0, 0.05) is 16.8 Å². The number of hydrogen-bond acceptors (Lipinski definition) is 4. The quantitative estimate of drug-likeness (QED) is 0.550. The molecule has 4 aromatic rings. The van der Waals surface area contributed by atoms with Gasteiger partial charge in [-0.25, -0.2) is 4.39 Å². The van der Waals surface area contributed by atoms with Gasteiger partial charge in [0.05, 0.1) is 6.42 Å². The summed E-state index contributed by atoms with van der Waals surface area (Å²) in [5.74, 6) is 0.329. The lowest BCUT2D eigenvalue weighted by Gasteiger charge is -2.06. The van der Waals surface area contributed by atoms with Gasteiger partial charge in [-0.15, -0.1) is 10.2 Å². The molecule has 0 aliphatic carbocycles. The lowest BCUT2D eigenvalue weighted by Crippen LogP contribution is -2.11. The van der Waals surface area contributed by atoms with Crippen LogP contribution in [0.2, 0.25) is 0 Å². The normalized spacial score (nSPS) is 10.6. The fourth-order valence-electron chi connectivity index (χ4n) is 2.71. The Morgan fingerprint density at radius 1 is 0.893 bits per heavy atom. The molecule has 0 aliphatic rings. The first-order chi connectivity index (χ1) is 13.7. The average Bonchev–Trinajstić information content (AvgIpc) is 3.19. The smallest absolute Gasteiger partial charge is 0.255 e. The molecule has 0 fully saturated rings. The zero-order valence-corrected chi connectivity index (χ0v) is 14.8. The first kappa shape index (κ1) is 17.6. The molecule has 5 nitrogen and oxygen atoms in total. The number of carbonyl (C=O) groups excluding carboxylic acids is 1. The Morgan fingerprint density at radius 3 is 2.32 bits per heavy atom. The van der Waals surface area contributed by atoms with Crippen LogP contribution < -0.4 is 5.32 Å². The summed E-state index contributed by atoms with van der Waals surface area (Å²) in [6.45, 7) is 0. The topological polar surface area (TPSA) is 68.0 Å². The van der Waals surface area contributed by atoms with Gasteiger partial charge in [-0.2, -0.15) is 0 Å². The van der Waals surface area contributed by atoms with Crippen molar-refractivity contribution >= 4 is 11.6 Å². The third-order valence-corrected chi connectivity index (χ3v) is 4.16. The molecular formula is C22H16FN3O2. The van der Waals surface area contributed by atoms with Gasteiger partial charge in [-0.1, -0.05) is 30.3 Å². The predicted molar refractivity (Wildman–Crippen MR) is 103 cm³/mol. The molecule has 0 radical (unpaired) electrons. The molecule has 0 saturated carbocycles. The fraction of sp³-hybridized carbons (Fsp3) is 0.0455. The Kier molecular flexibility index (Phi) is 4.93. The van der Waals surface area contributed by atoms with Gasteiger partial charge >= 0.3 is 0 Å². The van der Waals surface area contributed by atoms with Crippen molar-refractivity contribution < 1.29 is 13.6 Å². The van der Waals surface area contributed by atoms with E-state index in [1.165, 1.54) is 24.3 Å². The number of amides is 1. The molecular weight excluding hydrogens is 357 g/mol. The summed E-state index contributed by atoms with van der Waals surface area (Å²) in [5, 5.41) is 10.9. The number of nitrogens with zero attached hydrogens (tertiary/aromatic N) is 2. The molecule has 0 bridgehead atoms. The second-order valence-corrected chi connectivity index (χ2v) is 6.20. The van der Waals surface area contributed by atoms with Crippen LogP contribution >= 0.6 is 0 Å². The standard InChI is InChI=1S/C22H16FN3O2/c23-18-10-8-16(9-11-18)21(27)24-19-12-6-15(7-13-19)14-20-25-26-22(28-20)17-4-2-1-3-5-17/h1-13H,14H2,(H,24,27). The molecule has 0 aliphatic heterocycles.